The summed E-state index contributed by atoms with van der Waals surface area (Å²) in [5.41, 5.74) is 0. The number of piperazine rings is 1. The molecule has 2 aliphatic heterocycles. The summed E-state index contributed by atoms with van der Waals surface area (Å²) >= 11 is 0. The SMILES string of the molecule is CCOCCN1CCN(CC2CCNCC2)CC1.Cl. The van der Waals surface area contributed by atoms with Crippen LogP contribution in [0.3, 0.4) is 0 Å². The predicted molar refractivity (Wildman–Crippen MR) is 82.2 cm³/mol. The third-order valence-electron chi connectivity index (χ3n) is 4.20. The summed E-state index contributed by atoms with van der Waals surface area (Å²) in [6.07, 6.45) is 2.73. The summed E-state index contributed by atoms with van der Waals surface area (Å²) < 4.78 is 5.42. The van der Waals surface area contributed by atoms with Crippen molar-refractivity contribution in [1.82, 2.24) is 15.1 Å². The van der Waals surface area contributed by atoms with Crippen LogP contribution in [-0.2, 0) is 4.74 Å². The molecule has 0 amide bonds. The van der Waals surface area contributed by atoms with E-state index in [1.165, 1.54) is 58.7 Å². The number of hydrogen-bond donors (Lipinski definition) is 1. The lowest BCUT2D eigenvalue weighted by Gasteiger charge is -2.37. The summed E-state index contributed by atoms with van der Waals surface area (Å²) in [5.74, 6) is 0.932. The quantitative estimate of drug-likeness (QED) is 0.741. The van der Waals surface area contributed by atoms with E-state index in [9.17, 15) is 0 Å². The molecule has 0 bridgehead atoms. The van der Waals surface area contributed by atoms with Crippen LogP contribution in [0.15, 0.2) is 0 Å². The van der Waals surface area contributed by atoms with Crippen LogP contribution in [0, 0.1) is 5.92 Å². The minimum absolute atomic E-state index is 0. The topological polar surface area (TPSA) is 27.7 Å². The highest BCUT2D eigenvalue weighted by Gasteiger charge is 2.20. The minimum Gasteiger partial charge on any atom is -0.380 e. The Morgan fingerprint density at radius 3 is 2.32 bits per heavy atom. The third kappa shape index (κ3) is 6.41. The molecule has 0 radical (unpaired) electrons. The summed E-state index contributed by atoms with van der Waals surface area (Å²) in [4.78, 5) is 5.20. The second-order valence-corrected chi connectivity index (χ2v) is 5.53. The van der Waals surface area contributed by atoms with Crippen LogP contribution in [0.4, 0.5) is 0 Å². The maximum Gasteiger partial charge on any atom is 0.0593 e. The van der Waals surface area contributed by atoms with Crippen molar-refractivity contribution in [2.75, 3.05) is 65.6 Å². The van der Waals surface area contributed by atoms with Gasteiger partial charge in [0.05, 0.1) is 6.61 Å². The summed E-state index contributed by atoms with van der Waals surface area (Å²) in [6, 6.07) is 0. The Morgan fingerprint density at radius 1 is 1.05 bits per heavy atom. The molecule has 2 heterocycles. The molecule has 1 N–H and O–H groups in total. The molecule has 2 aliphatic rings. The van der Waals surface area contributed by atoms with Crippen LogP contribution in [0.5, 0.6) is 0 Å². The zero-order valence-electron chi connectivity index (χ0n) is 12.3. The molecule has 2 fully saturated rings. The highest BCUT2D eigenvalue weighted by molar-refractivity contribution is 5.85. The molecular formula is C14H30ClN3O. The molecule has 0 unspecified atom stereocenters. The Balaban J connectivity index is 0.00000180. The van der Waals surface area contributed by atoms with Crippen molar-refractivity contribution in [3.05, 3.63) is 0 Å². The normalized spacial score (nSPS) is 23.2. The van der Waals surface area contributed by atoms with Crippen molar-refractivity contribution >= 4 is 12.4 Å². The molecule has 0 aromatic heterocycles. The Morgan fingerprint density at radius 2 is 1.68 bits per heavy atom. The molecule has 2 rings (SSSR count). The number of piperidine rings is 1. The van der Waals surface area contributed by atoms with Crippen LogP contribution in [0.1, 0.15) is 19.8 Å². The number of ether oxygens (including phenoxy) is 1. The van der Waals surface area contributed by atoms with E-state index in [-0.39, 0.29) is 12.4 Å². The van der Waals surface area contributed by atoms with E-state index < -0.39 is 0 Å². The molecule has 0 aromatic carbocycles. The van der Waals surface area contributed by atoms with Crippen LogP contribution >= 0.6 is 12.4 Å². The lowest BCUT2D eigenvalue weighted by molar-refractivity contribution is 0.0731. The van der Waals surface area contributed by atoms with Gasteiger partial charge in [0.25, 0.3) is 0 Å². The highest BCUT2D eigenvalue weighted by Crippen LogP contribution is 2.14. The van der Waals surface area contributed by atoms with Crippen molar-refractivity contribution in [1.29, 1.82) is 0 Å². The van der Waals surface area contributed by atoms with Crippen molar-refractivity contribution < 1.29 is 4.74 Å². The largest absolute Gasteiger partial charge is 0.380 e. The third-order valence-corrected chi connectivity index (χ3v) is 4.20. The monoisotopic (exact) mass is 291 g/mol. The molecule has 19 heavy (non-hydrogen) atoms. The average Bonchev–Trinajstić information content (AvgIpc) is 2.42. The second kappa shape index (κ2) is 9.94. The molecule has 0 aliphatic carbocycles. The molecule has 4 nitrogen and oxygen atoms in total. The van der Waals surface area contributed by atoms with Gasteiger partial charge in [-0.2, -0.15) is 0 Å². The zero-order chi connectivity index (χ0) is 12.6. The fourth-order valence-corrected chi connectivity index (χ4v) is 2.96. The Kier molecular flexibility index (Phi) is 8.99. The van der Waals surface area contributed by atoms with Gasteiger partial charge in [-0.05, 0) is 38.8 Å². The molecule has 0 atom stereocenters. The standard InChI is InChI=1S/C14H29N3O.ClH/c1-2-18-12-11-16-7-9-17(10-8-16)13-14-3-5-15-6-4-14;/h14-15H,2-13H2,1H3;1H. The Bertz CT molecular complexity index is 217. The fourth-order valence-electron chi connectivity index (χ4n) is 2.96. The molecule has 0 spiro atoms. The number of nitrogens with one attached hydrogen (secondary N) is 1. The summed E-state index contributed by atoms with van der Waals surface area (Å²) in [5, 5.41) is 3.45. The van der Waals surface area contributed by atoms with Gasteiger partial charge in [-0.1, -0.05) is 0 Å². The van der Waals surface area contributed by atoms with Gasteiger partial charge < -0.3 is 15.0 Å². The zero-order valence-corrected chi connectivity index (χ0v) is 13.1. The van der Waals surface area contributed by atoms with Crippen molar-refractivity contribution in [2.45, 2.75) is 19.8 Å². The molecule has 5 heteroatoms. The van der Waals surface area contributed by atoms with Crippen molar-refractivity contribution in [3.63, 3.8) is 0 Å². The first-order valence-electron chi connectivity index (χ1n) is 7.61. The lowest BCUT2D eigenvalue weighted by Crippen LogP contribution is -2.49. The van der Waals surface area contributed by atoms with Gasteiger partial charge in [0.1, 0.15) is 0 Å². The van der Waals surface area contributed by atoms with E-state index in [0.717, 1.165) is 25.7 Å². The number of halogens is 1. The fraction of sp³-hybridized carbons (Fsp3) is 1.00. The van der Waals surface area contributed by atoms with Gasteiger partial charge in [0.2, 0.25) is 0 Å². The van der Waals surface area contributed by atoms with E-state index >= 15 is 0 Å². The van der Waals surface area contributed by atoms with E-state index in [1.807, 2.05) is 0 Å². The van der Waals surface area contributed by atoms with E-state index in [0.29, 0.717) is 0 Å². The Hall–Kier alpha value is 0.130. The van der Waals surface area contributed by atoms with E-state index in [4.69, 9.17) is 4.74 Å². The molecule has 0 aromatic rings. The van der Waals surface area contributed by atoms with E-state index in [1.54, 1.807) is 0 Å². The Labute approximate surface area is 124 Å². The molecule has 2 saturated heterocycles. The van der Waals surface area contributed by atoms with Crippen LogP contribution < -0.4 is 5.32 Å². The minimum atomic E-state index is 0. The van der Waals surface area contributed by atoms with Gasteiger partial charge in [-0.15, -0.1) is 12.4 Å². The van der Waals surface area contributed by atoms with Gasteiger partial charge >= 0.3 is 0 Å². The number of hydrogen-bond acceptors (Lipinski definition) is 4. The maximum atomic E-state index is 5.42. The van der Waals surface area contributed by atoms with E-state index in [2.05, 4.69) is 22.0 Å². The smallest absolute Gasteiger partial charge is 0.0593 e. The van der Waals surface area contributed by atoms with Crippen molar-refractivity contribution in [2.24, 2.45) is 5.92 Å². The van der Waals surface area contributed by atoms with Gasteiger partial charge in [0, 0.05) is 45.9 Å². The van der Waals surface area contributed by atoms with Gasteiger partial charge in [-0.25, -0.2) is 0 Å². The maximum absolute atomic E-state index is 5.42. The number of rotatable bonds is 6. The number of nitrogens with zero attached hydrogens (tertiary/aromatic N) is 2. The first kappa shape index (κ1) is 17.2. The highest BCUT2D eigenvalue weighted by atomic mass is 35.5. The summed E-state index contributed by atoms with van der Waals surface area (Å²) in [6.45, 7) is 13.6. The van der Waals surface area contributed by atoms with Gasteiger partial charge in [0.15, 0.2) is 0 Å². The average molecular weight is 292 g/mol. The van der Waals surface area contributed by atoms with Crippen molar-refractivity contribution in [3.8, 4) is 0 Å². The summed E-state index contributed by atoms with van der Waals surface area (Å²) in [7, 11) is 0. The molecular weight excluding hydrogens is 262 g/mol. The van der Waals surface area contributed by atoms with Gasteiger partial charge in [-0.3, -0.25) is 4.90 Å². The lowest BCUT2D eigenvalue weighted by atomic mass is 9.97. The van der Waals surface area contributed by atoms with Crippen LogP contribution in [-0.4, -0.2) is 75.4 Å². The predicted octanol–water partition coefficient (Wildman–Crippen LogP) is 1.06. The molecule has 114 valence electrons. The van der Waals surface area contributed by atoms with Crippen LogP contribution in [0.2, 0.25) is 0 Å². The first-order chi connectivity index (χ1) is 8.88. The first-order valence-corrected chi connectivity index (χ1v) is 7.61. The van der Waals surface area contributed by atoms with Crippen LogP contribution in [0.25, 0.3) is 0 Å². The molecule has 0 saturated carbocycles. The second-order valence-electron chi connectivity index (χ2n) is 5.53.